The van der Waals surface area contributed by atoms with Gasteiger partial charge in [0.25, 0.3) is 0 Å². The highest BCUT2D eigenvalue weighted by Gasteiger charge is 2.09. The Balaban J connectivity index is 1.69. The van der Waals surface area contributed by atoms with Crippen molar-refractivity contribution in [3.63, 3.8) is 0 Å². The lowest BCUT2D eigenvalue weighted by atomic mass is 10.2. The molecule has 0 aliphatic rings. The molecule has 3 rings (SSSR count). The first-order chi connectivity index (χ1) is 11.0. The highest BCUT2D eigenvalue weighted by Crippen LogP contribution is 2.28. The van der Waals surface area contributed by atoms with Gasteiger partial charge in [-0.2, -0.15) is 0 Å². The van der Waals surface area contributed by atoms with Crippen LogP contribution < -0.4 is 10.6 Å². The standard InChI is InChI=1S/C15H10ClN3O3S/c16-9-3-6-11-12(7-9)23-15(18-11)19-14(22)17-10-4-1-8(2-5-10)13(20)21/h1-7H,(H,20,21)(H2,17,18,19,22). The van der Waals surface area contributed by atoms with E-state index in [2.05, 4.69) is 15.6 Å². The molecule has 0 bridgehead atoms. The molecule has 116 valence electrons. The van der Waals surface area contributed by atoms with Gasteiger partial charge in [-0.25, -0.2) is 14.6 Å². The number of nitrogens with zero attached hydrogens (tertiary/aromatic N) is 1. The third-order valence-corrected chi connectivity index (χ3v) is 4.13. The Kier molecular flexibility index (Phi) is 4.14. The second-order valence-electron chi connectivity index (χ2n) is 4.59. The molecular formula is C15H10ClN3O3S. The summed E-state index contributed by atoms with van der Waals surface area (Å²) in [6.07, 6.45) is 0. The average molecular weight is 348 g/mol. The van der Waals surface area contributed by atoms with Crippen LogP contribution in [-0.2, 0) is 0 Å². The fourth-order valence-corrected chi connectivity index (χ4v) is 3.04. The highest BCUT2D eigenvalue weighted by atomic mass is 35.5. The van der Waals surface area contributed by atoms with E-state index in [1.165, 1.54) is 35.6 Å². The number of aromatic carboxylic acids is 1. The number of carboxylic acid groups (broad SMARTS) is 1. The van der Waals surface area contributed by atoms with Crippen LogP contribution in [0.15, 0.2) is 42.5 Å². The predicted octanol–water partition coefficient (Wildman–Crippen LogP) is 4.29. The third kappa shape index (κ3) is 3.58. The number of anilines is 2. The molecule has 8 heteroatoms. The molecular weight excluding hydrogens is 338 g/mol. The summed E-state index contributed by atoms with van der Waals surface area (Å²) in [6.45, 7) is 0. The summed E-state index contributed by atoms with van der Waals surface area (Å²) in [7, 11) is 0. The van der Waals surface area contributed by atoms with Crippen molar-refractivity contribution in [1.82, 2.24) is 4.98 Å². The second kappa shape index (κ2) is 6.23. The topological polar surface area (TPSA) is 91.3 Å². The van der Waals surface area contributed by atoms with Crippen LogP contribution in [0.4, 0.5) is 15.6 Å². The molecule has 2 amide bonds. The fourth-order valence-electron chi connectivity index (χ4n) is 1.91. The summed E-state index contributed by atoms with van der Waals surface area (Å²) in [6, 6.07) is 10.7. The smallest absolute Gasteiger partial charge is 0.335 e. The van der Waals surface area contributed by atoms with Crippen LogP contribution in [0.3, 0.4) is 0 Å². The molecule has 0 aliphatic heterocycles. The molecule has 1 aromatic heterocycles. The summed E-state index contributed by atoms with van der Waals surface area (Å²) in [4.78, 5) is 27.0. The lowest BCUT2D eigenvalue weighted by molar-refractivity contribution is 0.0697. The van der Waals surface area contributed by atoms with Crippen molar-refractivity contribution in [2.24, 2.45) is 0 Å². The minimum Gasteiger partial charge on any atom is -0.478 e. The maximum absolute atomic E-state index is 11.9. The van der Waals surface area contributed by atoms with E-state index in [4.69, 9.17) is 16.7 Å². The molecule has 0 radical (unpaired) electrons. The largest absolute Gasteiger partial charge is 0.478 e. The van der Waals surface area contributed by atoms with Gasteiger partial charge in [0.05, 0.1) is 15.8 Å². The monoisotopic (exact) mass is 347 g/mol. The number of fused-ring (bicyclic) bond motifs is 1. The van der Waals surface area contributed by atoms with Gasteiger partial charge in [0.1, 0.15) is 0 Å². The van der Waals surface area contributed by atoms with E-state index in [1.54, 1.807) is 18.2 Å². The molecule has 0 unspecified atom stereocenters. The van der Waals surface area contributed by atoms with Crippen LogP contribution in [0.1, 0.15) is 10.4 Å². The van der Waals surface area contributed by atoms with Crippen LogP contribution in [-0.4, -0.2) is 22.1 Å². The molecule has 0 atom stereocenters. The Labute approximate surface area is 139 Å². The Hall–Kier alpha value is -2.64. The molecule has 3 N–H and O–H groups in total. The zero-order chi connectivity index (χ0) is 16.4. The van der Waals surface area contributed by atoms with Gasteiger partial charge in [-0.1, -0.05) is 22.9 Å². The molecule has 0 spiro atoms. The Morgan fingerprint density at radius 3 is 2.52 bits per heavy atom. The van der Waals surface area contributed by atoms with Crippen LogP contribution in [0, 0.1) is 0 Å². The predicted molar refractivity (Wildman–Crippen MR) is 90.7 cm³/mol. The van der Waals surface area contributed by atoms with E-state index in [0.717, 1.165) is 10.2 Å². The molecule has 0 fully saturated rings. The number of carbonyl (C=O) groups is 2. The number of aromatic nitrogens is 1. The van der Waals surface area contributed by atoms with Gasteiger partial charge in [0.2, 0.25) is 0 Å². The van der Waals surface area contributed by atoms with Crippen LogP contribution in [0.2, 0.25) is 5.02 Å². The fraction of sp³-hybridized carbons (Fsp3) is 0. The highest BCUT2D eigenvalue weighted by molar-refractivity contribution is 7.22. The van der Waals surface area contributed by atoms with Crippen LogP contribution in [0.25, 0.3) is 10.2 Å². The van der Waals surface area contributed by atoms with Crippen molar-refractivity contribution in [2.75, 3.05) is 10.6 Å². The number of benzene rings is 2. The van der Waals surface area contributed by atoms with E-state index >= 15 is 0 Å². The Bertz CT molecular complexity index is 893. The van der Waals surface area contributed by atoms with E-state index in [-0.39, 0.29) is 5.56 Å². The van der Waals surface area contributed by atoms with Crippen molar-refractivity contribution >= 4 is 56.0 Å². The first kappa shape index (κ1) is 15.3. The van der Waals surface area contributed by atoms with E-state index in [9.17, 15) is 9.59 Å². The molecule has 3 aromatic rings. The van der Waals surface area contributed by atoms with E-state index in [0.29, 0.717) is 15.8 Å². The van der Waals surface area contributed by atoms with Gasteiger partial charge in [-0.3, -0.25) is 5.32 Å². The summed E-state index contributed by atoms with van der Waals surface area (Å²) >= 11 is 7.22. The lowest BCUT2D eigenvalue weighted by Crippen LogP contribution is -2.19. The molecule has 23 heavy (non-hydrogen) atoms. The zero-order valence-corrected chi connectivity index (χ0v) is 13.1. The SMILES string of the molecule is O=C(Nc1ccc(C(=O)O)cc1)Nc1nc2ccc(Cl)cc2s1. The molecule has 0 saturated carbocycles. The van der Waals surface area contributed by atoms with Gasteiger partial charge in [0, 0.05) is 10.7 Å². The molecule has 2 aromatic carbocycles. The third-order valence-electron chi connectivity index (χ3n) is 2.96. The molecule has 6 nitrogen and oxygen atoms in total. The minimum absolute atomic E-state index is 0.152. The number of halogens is 1. The summed E-state index contributed by atoms with van der Waals surface area (Å²) < 4.78 is 0.874. The van der Waals surface area contributed by atoms with Crippen molar-refractivity contribution in [3.8, 4) is 0 Å². The number of amides is 2. The number of hydrogen-bond acceptors (Lipinski definition) is 4. The number of carbonyl (C=O) groups excluding carboxylic acids is 1. The number of urea groups is 1. The number of rotatable bonds is 3. The summed E-state index contributed by atoms with van der Waals surface area (Å²) in [5, 5.41) is 15.1. The average Bonchev–Trinajstić information content (AvgIpc) is 2.88. The summed E-state index contributed by atoms with van der Waals surface area (Å²) in [5.74, 6) is -1.02. The van der Waals surface area contributed by atoms with Gasteiger partial charge in [-0.15, -0.1) is 0 Å². The van der Waals surface area contributed by atoms with E-state index < -0.39 is 12.0 Å². The Morgan fingerprint density at radius 1 is 1.09 bits per heavy atom. The normalized spacial score (nSPS) is 10.5. The molecule has 1 heterocycles. The van der Waals surface area contributed by atoms with Crippen molar-refractivity contribution in [1.29, 1.82) is 0 Å². The van der Waals surface area contributed by atoms with Gasteiger partial charge in [0.15, 0.2) is 5.13 Å². The molecule has 0 aliphatic carbocycles. The quantitative estimate of drug-likeness (QED) is 0.659. The van der Waals surface area contributed by atoms with Crippen molar-refractivity contribution in [2.45, 2.75) is 0 Å². The zero-order valence-electron chi connectivity index (χ0n) is 11.5. The van der Waals surface area contributed by atoms with Crippen molar-refractivity contribution in [3.05, 3.63) is 53.1 Å². The second-order valence-corrected chi connectivity index (χ2v) is 6.06. The van der Waals surface area contributed by atoms with Gasteiger partial charge in [-0.05, 0) is 42.5 Å². The number of thiazole rings is 1. The Morgan fingerprint density at radius 2 is 1.83 bits per heavy atom. The first-order valence-corrected chi connectivity index (χ1v) is 7.68. The maximum atomic E-state index is 11.9. The van der Waals surface area contributed by atoms with E-state index in [1.807, 2.05) is 0 Å². The minimum atomic E-state index is -1.02. The number of hydrogen-bond donors (Lipinski definition) is 3. The van der Waals surface area contributed by atoms with Crippen molar-refractivity contribution < 1.29 is 14.7 Å². The first-order valence-electron chi connectivity index (χ1n) is 6.49. The molecule has 0 saturated heterocycles. The maximum Gasteiger partial charge on any atom is 0.335 e. The van der Waals surface area contributed by atoms with Crippen LogP contribution >= 0.6 is 22.9 Å². The van der Waals surface area contributed by atoms with Gasteiger partial charge < -0.3 is 10.4 Å². The lowest BCUT2D eigenvalue weighted by Gasteiger charge is -2.05. The van der Waals surface area contributed by atoms with Crippen LogP contribution in [0.5, 0.6) is 0 Å². The summed E-state index contributed by atoms with van der Waals surface area (Å²) in [5.41, 5.74) is 1.39. The van der Waals surface area contributed by atoms with Gasteiger partial charge >= 0.3 is 12.0 Å². The number of nitrogens with one attached hydrogen (secondary N) is 2. The number of carboxylic acids is 1.